The molecule has 3 nitrogen and oxygen atoms in total. The molecule has 0 amide bonds. The SMILES string of the molecule is C=C/C=C\c1c(C)c2ccccc2n1-c1cc(-c2ccc(-c3nc4ccccc4c4c5c(ccc34)C3(c4ccccc4-c4ccccc43)c3ccccc3-5)cc2)cc(-n2c3ccccc3c3ccccc32)c1. The molecule has 336 valence electrons. The van der Waals surface area contributed by atoms with Crippen LogP contribution in [0.15, 0.2) is 243 Å². The average Bonchev–Trinajstić information content (AvgIpc) is 4.14. The molecule has 13 aromatic rings. The lowest BCUT2D eigenvalue weighted by molar-refractivity contribution is 0.794. The lowest BCUT2D eigenvalue weighted by atomic mass is 9.70. The zero-order chi connectivity index (χ0) is 47.7. The highest BCUT2D eigenvalue weighted by atomic mass is 15.0. The largest absolute Gasteiger partial charge is 0.309 e. The summed E-state index contributed by atoms with van der Waals surface area (Å²) in [5, 5.41) is 7.27. The van der Waals surface area contributed by atoms with E-state index in [0.717, 1.165) is 55.9 Å². The second kappa shape index (κ2) is 15.3. The zero-order valence-corrected chi connectivity index (χ0v) is 39.6. The molecule has 0 saturated carbocycles. The summed E-state index contributed by atoms with van der Waals surface area (Å²) in [5.41, 5.74) is 23.5. The third-order valence-corrected chi connectivity index (χ3v) is 15.9. The smallest absolute Gasteiger partial charge is 0.0788 e. The first kappa shape index (κ1) is 40.6. The van der Waals surface area contributed by atoms with Gasteiger partial charge in [0.25, 0.3) is 0 Å². The van der Waals surface area contributed by atoms with Crippen LogP contribution in [0.4, 0.5) is 0 Å². The van der Waals surface area contributed by atoms with Crippen LogP contribution in [0.2, 0.25) is 0 Å². The van der Waals surface area contributed by atoms with Crippen molar-refractivity contribution in [3.63, 3.8) is 0 Å². The van der Waals surface area contributed by atoms with Crippen molar-refractivity contribution in [1.82, 2.24) is 14.1 Å². The van der Waals surface area contributed by atoms with E-state index in [1.54, 1.807) is 0 Å². The van der Waals surface area contributed by atoms with E-state index in [-0.39, 0.29) is 0 Å². The number of rotatable bonds is 6. The van der Waals surface area contributed by atoms with E-state index < -0.39 is 5.41 Å². The quantitative estimate of drug-likeness (QED) is 0.120. The Hall–Kier alpha value is -9.31. The number of aryl methyl sites for hydroxylation is 1. The molecule has 0 unspecified atom stereocenters. The second-order valence-electron chi connectivity index (χ2n) is 19.4. The van der Waals surface area contributed by atoms with Crippen molar-refractivity contribution in [1.29, 1.82) is 0 Å². The highest BCUT2D eigenvalue weighted by molar-refractivity contribution is 6.20. The number of nitrogens with zero attached hydrogens (tertiary/aromatic N) is 3. The minimum atomic E-state index is -0.430. The molecule has 0 saturated heterocycles. The van der Waals surface area contributed by atoms with Crippen molar-refractivity contribution >= 4 is 60.5 Å². The van der Waals surface area contributed by atoms with Gasteiger partial charge in [-0.2, -0.15) is 0 Å². The summed E-state index contributed by atoms with van der Waals surface area (Å²) in [6, 6.07) is 83.1. The summed E-state index contributed by atoms with van der Waals surface area (Å²) in [6.45, 7) is 6.25. The van der Waals surface area contributed by atoms with Crippen LogP contribution in [0.25, 0.3) is 116 Å². The van der Waals surface area contributed by atoms with Crippen molar-refractivity contribution < 1.29 is 0 Å². The molecular formula is C69H45N3. The lowest BCUT2D eigenvalue weighted by Crippen LogP contribution is -2.25. The van der Waals surface area contributed by atoms with Gasteiger partial charge in [0, 0.05) is 54.9 Å². The summed E-state index contributed by atoms with van der Waals surface area (Å²) in [5.74, 6) is 0. The van der Waals surface area contributed by atoms with Crippen molar-refractivity contribution in [2.75, 3.05) is 0 Å². The molecule has 0 N–H and O–H groups in total. The maximum absolute atomic E-state index is 5.52. The Bertz CT molecular complexity index is 4380. The van der Waals surface area contributed by atoms with Gasteiger partial charge in [0.2, 0.25) is 0 Å². The van der Waals surface area contributed by atoms with Crippen LogP contribution < -0.4 is 0 Å². The van der Waals surface area contributed by atoms with E-state index in [2.05, 4.69) is 253 Å². The fraction of sp³-hybridized carbons (Fsp3) is 0.0290. The van der Waals surface area contributed by atoms with Gasteiger partial charge in [-0.3, -0.25) is 0 Å². The number of allylic oxidation sites excluding steroid dienone is 2. The number of hydrogen-bond acceptors (Lipinski definition) is 1. The van der Waals surface area contributed by atoms with Crippen LogP contribution in [-0.4, -0.2) is 14.1 Å². The van der Waals surface area contributed by atoms with Gasteiger partial charge < -0.3 is 9.13 Å². The zero-order valence-electron chi connectivity index (χ0n) is 39.6. The van der Waals surface area contributed by atoms with E-state index in [1.165, 1.54) is 88.0 Å². The van der Waals surface area contributed by atoms with Gasteiger partial charge in [0.05, 0.1) is 33.2 Å². The van der Waals surface area contributed by atoms with Crippen molar-refractivity contribution in [3.05, 3.63) is 277 Å². The molecule has 15 rings (SSSR count). The van der Waals surface area contributed by atoms with E-state index >= 15 is 0 Å². The molecule has 0 fully saturated rings. The maximum atomic E-state index is 5.52. The van der Waals surface area contributed by atoms with E-state index in [9.17, 15) is 0 Å². The van der Waals surface area contributed by atoms with Crippen LogP contribution in [0.1, 0.15) is 33.5 Å². The Morgan fingerprint density at radius 3 is 1.60 bits per heavy atom. The van der Waals surface area contributed by atoms with Crippen LogP contribution in [-0.2, 0) is 5.41 Å². The topological polar surface area (TPSA) is 22.8 Å². The maximum Gasteiger partial charge on any atom is 0.0788 e. The van der Waals surface area contributed by atoms with Crippen LogP contribution in [0.3, 0.4) is 0 Å². The molecular weight excluding hydrogens is 871 g/mol. The summed E-state index contributed by atoms with van der Waals surface area (Å²) in [4.78, 5) is 5.52. The summed E-state index contributed by atoms with van der Waals surface area (Å²) in [7, 11) is 0. The predicted octanol–water partition coefficient (Wildman–Crippen LogP) is 17.6. The molecule has 0 atom stereocenters. The predicted molar refractivity (Wildman–Crippen MR) is 302 cm³/mol. The summed E-state index contributed by atoms with van der Waals surface area (Å²) in [6.07, 6.45) is 6.08. The van der Waals surface area contributed by atoms with Gasteiger partial charge >= 0.3 is 0 Å². The summed E-state index contributed by atoms with van der Waals surface area (Å²) >= 11 is 0. The minimum absolute atomic E-state index is 0.430. The molecule has 0 aliphatic heterocycles. The first-order valence-corrected chi connectivity index (χ1v) is 24.9. The molecule has 0 radical (unpaired) electrons. The lowest BCUT2D eigenvalue weighted by Gasteiger charge is -2.30. The molecule has 3 heteroatoms. The van der Waals surface area contributed by atoms with Gasteiger partial charge in [-0.1, -0.05) is 201 Å². The van der Waals surface area contributed by atoms with Crippen LogP contribution >= 0.6 is 0 Å². The molecule has 1 spiro atoms. The van der Waals surface area contributed by atoms with Gasteiger partial charge in [-0.05, 0) is 117 Å². The van der Waals surface area contributed by atoms with Crippen molar-refractivity contribution in [3.8, 4) is 56.0 Å². The van der Waals surface area contributed by atoms with Gasteiger partial charge in [0.1, 0.15) is 0 Å². The van der Waals surface area contributed by atoms with Crippen LogP contribution in [0, 0.1) is 6.92 Å². The van der Waals surface area contributed by atoms with Crippen molar-refractivity contribution in [2.24, 2.45) is 0 Å². The minimum Gasteiger partial charge on any atom is -0.309 e. The van der Waals surface area contributed by atoms with Crippen molar-refractivity contribution in [2.45, 2.75) is 12.3 Å². The Balaban J connectivity index is 0.948. The molecule has 2 aliphatic rings. The molecule has 3 heterocycles. The number of pyridine rings is 1. The summed E-state index contributed by atoms with van der Waals surface area (Å²) < 4.78 is 4.84. The molecule has 3 aromatic heterocycles. The Morgan fingerprint density at radius 1 is 0.431 bits per heavy atom. The number of hydrogen-bond donors (Lipinski definition) is 0. The number of aromatic nitrogens is 3. The molecule has 2 aliphatic carbocycles. The van der Waals surface area contributed by atoms with Crippen LogP contribution in [0.5, 0.6) is 0 Å². The number of fused-ring (bicyclic) bond motifs is 18. The van der Waals surface area contributed by atoms with Gasteiger partial charge in [-0.25, -0.2) is 4.98 Å². The third-order valence-electron chi connectivity index (χ3n) is 15.9. The normalized spacial score (nSPS) is 13.2. The Morgan fingerprint density at radius 2 is 0.944 bits per heavy atom. The standard InChI is InChI=1S/C69H45N3/c1-3-4-30-62-43(2)49-19-9-16-31-63(49)71(62)47-40-46(41-48(42-47)72-64-32-17-10-22-52(64)53-23-11-18-33-65(53)72)44-34-36-45(37-35-44)68-56-38-39-60-67(66(56)55-25-8-15-29-61(55)70-68)54-24-7-14-28-59(54)69(60)57-26-12-5-20-50(57)51-21-6-13-27-58(51)69/h3-42H,1H2,2H3/b30-4-. The highest BCUT2D eigenvalue weighted by Gasteiger charge is 2.52. The molecule has 0 bridgehead atoms. The highest BCUT2D eigenvalue weighted by Crippen LogP contribution is 2.64. The monoisotopic (exact) mass is 915 g/mol. The van der Waals surface area contributed by atoms with E-state index in [4.69, 9.17) is 4.98 Å². The first-order chi connectivity index (χ1) is 35.6. The number of para-hydroxylation sites is 4. The molecule has 72 heavy (non-hydrogen) atoms. The van der Waals surface area contributed by atoms with E-state index in [1.807, 2.05) is 12.2 Å². The number of benzene rings is 10. The van der Waals surface area contributed by atoms with Gasteiger partial charge in [0.15, 0.2) is 0 Å². The molecule has 10 aromatic carbocycles. The average molecular weight is 916 g/mol. The Kier molecular flexibility index (Phi) is 8.64. The fourth-order valence-electron chi connectivity index (χ4n) is 12.9. The van der Waals surface area contributed by atoms with Gasteiger partial charge in [-0.15, -0.1) is 0 Å². The third kappa shape index (κ3) is 5.48. The van der Waals surface area contributed by atoms with E-state index in [0.29, 0.717) is 0 Å². The fourth-order valence-corrected chi connectivity index (χ4v) is 12.9. The second-order valence-corrected chi connectivity index (χ2v) is 19.4. The Labute approximate surface area is 417 Å². The first-order valence-electron chi connectivity index (χ1n) is 24.9.